The number of aromatic nitrogens is 1. The quantitative estimate of drug-likeness (QED) is 0.867. The molecule has 1 fully saturated rings. The minimum absolute atomic E-state index is 0.0416. The van der Waals surface area contributed by atoms with E-state index in [0.29, 0.717) is 31.0 Å². The van der Waals surface area contributed by atoms with E-state index in [0.717, 1.165) is 18.5 Å². The van der Waals surface area contributed by atoms with Crippen molar-refractivity contribution in [2.45, 2.75) is 24.3 Å². The van der Waals surface area contributed by atoms with Gasteiger partial charge in [-0.25, -0.2) is 0 Å². The van der Waals surface area contributed by atoms with Gasteiger partial charge >= 0.3 is 0 Å². The SMILES string of the molecule is O=C(NCc1ccccn1)[C@@H]1CCCN(C2=NS(=O)(=O)c3ccccc32)C1. The van der Waals surface area contributed by atoms with Crippen molar-refractivity contribution in [2.75, 3.05) is 13.1 Å². The Kier molecular flexibility index (Phi) is 4.65. The van der Waals surface area contributed by atoms with Crippen molar-refractivity contribution in [2.24, 2.45) is 10.3 Å². The van der Waals surface area contributed by atoms with E-state index in [1.165, 1.54) is 0 Å². The summed E-state index contributed by atoms with van der Waals surface area (Å²) >= 11 is 0. The van der Waals surface area contributed by atoms with Crippen molar-refractivity contribution < 1.29 is 13.2 Å². The van der Waals surface area contributed by atoms with Crippen LogP contribution in [0.1, 0.15) is 24.1 Å². The molecule has 0 aliphatic carbocycles. The number of carbonyl (C=O) groups is 1. The zero-order valence-corrected chi connectivity index (χ0v) is 15.5. The van der Waals surface area contributed by atoms with Crippen LogP contribution in [0.2, 0.25) is 0 Å². The van der Waals surface area contributed by atoms with Crippen LogP contribution in [0.25, 0.3) is 0 Å². The number of hydrogen-bond acceptors (Lipinski definition) is 5. The lowest BCUT2D eigenvalue weighted by Crippen LogP contribution is -2.45. The Bertz CT molecular complexity index is 989. The number of rotatable bonds is 3. The second kappa shape index (κ2) is 7.11. The highest BCUT2D eigenvalue weighted by molar-refractivity contribution is 7.90. The first-order valence-electron chi connectivity index (χ1n) is 8.91. The molecule has 3 heterocycles. The molecule has 8 heteroatoms. The normalized spacial score (nSPS) is 20.7. The third kappa shape index (κ3) is 3.57. The average Bonchev–Trinajstić information content (AvgIpc) is 2.98. The third-order valence-corrected chi connectivity index (χ3v) is 6.20. The van der Waals surface area contributed by atoms with Gasteiger partial charge in [-0.1, -0.05) is 18.2 Å². The van der Waals surface area contributed by atoms with Crippen LogP contribution in [0, 0.1) is 5.92 Å². The number of pyridine rings is 1. The second-order valence-electron chi connectivity index (χ2n) is 6.71. The fraction of sp³-hybridized carbons (Fsp3) is 0.316. The number of amides is 1. The number of nitrogens with one attached hydrogen (secondary N) is 1. The minimum Gasteiger partial charge on any atom is -0.355 e. The standard InChI is InChI=1S/C19H20N4O3S/c24-19(21-12-15-7-3-4-10-20-15)14-6-5-11-23(13-14)18-16-8-1-2-9-17(16)27(25,26)22-18/h1-4,7-10,14H,5-6,11-13H2,(H,21,24)/t14-/m1/s1. The maximum Gasteiger partial charge on any atom is 0.285 e. The fourth-order valence-electron chi connectivity index (χ4n) is 3.52. The van der Waals surface area contributed by atoms with E-state index >= 15 is 0 Å². The van der Waals surface area contributed by atoms with E-state index in [1.54, 1.807) is 30.5 Å². The van der Waals surface area contributed by atoms with Gasteiger partial charge in [-0.15, -0.1) is 4.40 Å². The van der Waals surface area contributed by atoms with E-state index in [-0.39, 0.29) is 16.7 Å². The molecule has 1 amide bonds. The zero-order valence-electron chi connectivity index (χ0n) is 14.7. The second-order valence-corrected chi connectivity index (χ2v) is 8.28. The predicted octanol–water partition coefficient (Wildman–Crippen LogP) is 1.56. The number of benzene rings is 1. The van der Waals surface area contributed by atoms with Gasteiger partial charge < -0.3 is 10.2 Å². The molecule has 4 rings (SSSR count). The van der Waals surface area contributed by atoms with Crippen LogP contribution >= 0.6 is 0 Å². The predicted molar refractivity (Wildman–Crippen MR) is 101 cm³/mol. The number of likely N-dealkylation sites (tertiary alicyclic amines) is 1. The van der Waals surface area contributed by atoms with Gasteiger partial charge in [0, 0.05) is 24.8 Å². The van der Waals surface area contributed by atoms with E-state index in [1.807, 2.05) is 23.1 Å². The van der Waals surface area contributed by atoms with Crippen LogP contribution in [0.5, 0.6) is 0 Å². The monoisotopic (exact) mass is 384 g/mol. The number of hydrogen-bond donors (Lipinski definition) is 1. The van der Waals surface area contributed by atoms with Gasteiger partial charge in [0.1, 0.15) is 4.90 Å². The lowest BCUT2D eigenvalue weighted by Gasteiger charge is -2.33. The first-order valence-corrected chi connectivity index (χ1v) is 10.4. The van der Waals surface area contributed by atoms with Crippen LogP contribution in [0.3, 0.4) is 0 Å². The molecule has 1 aromatic heterocycles. The molecular formula is C19H20N4O3S. The number of sulfonamides is 1. The highest BCUT2D eigenvalue weighted by Crippen LogP contribution is 2.29. The van der Waals surface area contributed by atoms with Gasteiger partial charge in [0.15, 0.2) is 5.84 Å². The van der Waals surface area contributed by atoms with Crippen LogP contribution in [0.4, 0.5) is 0 Å². The highest BCUT2D eigenvalue weighted by Gasteiger charge is 2.35. The summed E-state index contributed by atoms with van der Waals surface area (Å²) in [6.07, 6.45) is 3.27. The lowest BCUT2D eigenvalue weighted by molar-refractivity contribution is -0.126. The fourth-order valence-corrected chi connectivity index (χ4v) is 4.75. The van der Waals surface area contributed by atoms with Crippen LogP contribution < -0.4 is 5.32 Å². The molecule has 1 saturated heterocycles. The minimum atomic E-state index is -3.65. The van der Waals surface area contributed by atoms with Gasteiger partial charge in [-0.3, -0.25) is 9.78 Å². The Morgan fingerprint density at radius 2 is 2.00 bits per heavy atom. The van der Waals surface area contributed by atoms with Crippen LogP contribution in [-0.4, -0.2) is 43.1 Å². The number of piperidine rings is 1. The molecule has 2 aliphatic rings. The summed E-state index contributed by atoms with van der Waals surface area (Å²) in [5.41, 5.74) is 1.42. The Morgan fingerprint density at radius 3 is 2.81 bits per heavy atom. The van der Waals surface area contributed by atoms with Crippen molar-refractivity contribution in [3.05, 3.63) is 59.9 Å². The highest BCUT2D eigenvalue weighted by atomic mass is 32.2. The molecule has 1 N–H and O–H groups in total. The average molecular weight is 384 g/mol. The maximum absolute atomic E-state index is 12.6. The maximum atomic E-state index is 12.6. The molecule has 1 aromatic carbocycles. The van der Waals surface area contributed by atoms with Crippen molar-refractivity contribution in [3.8, 4) is 0 Å². The molecule has 0 radical (unpaired) electrons. The van der Waals surface area contributed by atoms with Crippen LogP contribution in [0.15, 0.2) is 58.0 Å². The summed E-state index contributed by atoms with van der Waals surface area (Å²) in [7, 11) is -3.65. The largest absolute Gasteiger partial charge is 0.355 e. The molecule has 27 heavy (non-hydrogen) atoms. The Balaban J connectivity index is 1.47. The smallest absolute Gasteiger partial charge is 0.285 e. The van der Waals surface area contributed by atoms with E-state index in [4.69, 9.17) is 0 Å². The lowest BCUT2D eigenvalue weighted by atomic mass is 9.96. The molecule has 7 nitrogen and oxygen atoms in total. The molecule has 140 valence electrons. The van der Waals surface area contributed by atoms with Crippen molar-refractivity contribution >= 4 is 21.8 Å². The molecule has 2 aliphatic heterocycles. The number of carbonyl (C=O) groups excluding carboxylic acids is 1. The van der Waals surface area contributed by atoms with Gasteiger partial charge in [-0.2, -0.15) is 8.42 Å². The van der Waals surface area contributed by atoms with Gasteiger partial charge in [0.25, 0.3) is 10.0 Å². The summed E-state index contributed by atoms with van der Waals surface area (Å²) in [6.45, 7) is 1.53. The molecular weight excluding hydrogens is 364 g/mol. The summed E-state index contributed by atoms with van der Waals surface area (Å²) < 4.78 is 28.5. The molecule has 1 atom stereocenters. The summed E-state index contributed by atoms with van der Waals surface area (Å²) in [6, 6.07) is 12.4. The van der Waals surface area contributed by atoms with Gasteiger partial charge in [0.05, 0.1) is 18.2 Å². The van der Waals surface area contributed by atoms with Crippen molar-refractivity contribution in [1.82, 2.24) is 15.2 Å². The first kappa shape index (κ1) is 17.7. The first-order chi connectivity index (χ1) is 13.0. The van der Waals surface area contributed by atoms with Crippen molar-refractivity contribution in [1.29, 1.82) is 0 Å². The Hall–Kier alpha value is -2.74. The van der Waals surface area contributed by atoms with E-state index in [9.17, 15) is 13.2 Å². The molecule has 0 saturated carbocycles. The van der Waals surface area contributed by atoms with Crippen LogP contribution in [-0.2, 0) is 21.4 Å². The molecule has 2 aromatic rings. The topological polar surface area (TPSA) is 91.7 Å². The molecule has 0 bridgehead atoms. The third-order valence-electron chi connectivity index (χ3n) is 4.87. The van der Waals surface area contributed by atoms with Crippen molar-refractivity contribution in [3.63, 3.8) is 0 Å². The number of nitrogens with zero attached hydrogens (tertiary/aromatic N) is 3. The summed E-state index contributed by atoms with van der Waals surface area (Å²) in [5.74, 6) is 0.202. The summed E-state index contributed by atoms with van der Waals surface area (Å²) in [5, 5.41) is 2.93. The Morgan fingerprint density at radius 1 is 1.19 bits per heavy atom. The number of amidine groups is 1. The van der Waals surface area contributed by atoms with Gasteiger partial charge in [-0.05, 0) is 37.1 Å². The Labute approximate surface area is 158 Å². The van der Waals surface area contributed by atoms with E-state index < -0.39 is 10.0 Å². The number of fused-ring (bicyclic) bond motifs is 1. The zero-order chi connectivity index (χ0) is 18.9. The summed E-state index contributed by atoms with van der Waals surface area (Å²) in [4.78, 5) is 18.9. The molecule has 0 unspecified atom stereocenters. The van der Waals surface area contributed by atoms with Gasteiger partial charge in [0.2, 0.25) is 5.91 Å². The van der Waals surface area contributed by atoms with E-state index in [2.05, 4.69) is 14.7 Å². The molecule has 0 spiro atoms.